The quantitative estimate of drug-likeness (QED) is 0.303. The maximum absolute atomic E-state index is 10.6. The molecule has 2 rings (SSSR count). The topological polar surface area (TPSA) is 58.6 Å². The molecule has 36 heavy (non-hydrogen) atoms. The maximum Gasteiger partial charge on any atom is 0.207 e. The first-order valence-electron chi connectivity index (χ1n) is 13.7. The van der Waals surface area contributed by atoms with Gasteiger partial charge in [-0.3, -0.25) is 4.79 Å². The normalized spacial score (nSPS) is 13.3. The molecule has 2 aromatic rings. The molecule has 2 unspecified atom stereocenters. The molecule has 202 valence electrons. The van der Waals surface area contributed by atoms with Gasteiger partial charge in [-0.2, -0.15) is 0 Å². The molecule has 0 saturated heterocycles. The Bertz CT molecular complexity index is 941. The van der Waals surface area contributed by atoms with Crippen molar-refractivity contribution in [1.82, 2.24) is 5.32 Å². The van der Waals surface area contributed by atoms with Crippen LogP contribution >= 0.6 is 0 Å². The molecule has 4 heteroatoms. The van der Waals surface area contributed by atoms with Gasteiger partial charge in [-0.15, -0.1) is 0 Å². The Kier molecular flexibility index (Phi) is 12.7. The molecule has 2 N–H and O–H groups in total. The largest absolute Gasteiger partial charge is 0.491 e. The molecule has 0 aliphatic carbocycles. The van der Waals surface area contributed by atoms with Gasteiger partial charge in [0.1, 0.15) is 12.4 Å². The lowest BCUT2D eigenvalue weighted by molar-refractivity contribution is -0.110. The number of aliphatic hydroxyl groups is 1. The molecule has 0 saturated carbocycles. The highest BCUT2D eigenvalue weighted by Gasteiger charge is 2.31. The summed E-state index contributed by atoms with van der Waals surface area (Å²) in [7, 11) is 0. The van der Waals surface area contributed by atoms with Gasteiger partial charge < -0.3 is 15.2 Å². The van der Waals surface area contributed by atoms with E-state index in [1.54, 1.807) is 0 Å². The summed E-state index contributed by atoms with van der Waals surface area (Å²) < 4.78 is 5.95. The summed E-state index contributed by atoms with van der Waals surface area (Å²) in [6.07, 6.45) is 4.07. The second-order valence-electron chi connectivity index (χ2n) is 10.8. The molecule has 0 aliphatic heterocycles. The van der Waals surface area contributed by atoms with E-state index in [1.165, 1.54) is 22.3 Å². The first-order valence-corrected chi connectivity index (χ1v) is 13.7. The molecule has 0 radical (unpaired) electrons. The van der Waals surface area contributed by atoms with E-state index in [0.717, 1.165) is 37.0 Å². The zero-order valence-electron chi connectivity index (χ0n) is 24.5. The predicted molar refractivity (Wildman–Crippen MR) is 153 cm³/mol. The van der Waals surface area contributed by atoms with Gasteiger partial charge >= 0.3 is 0 Å². The fourth-order valence-electron chi connectivity index (χ4n) is 4.72. The smallest absolute Gasteiger partial charge is 0.207 e. The van der Waals surface area contributed by atoms with Crippen LogP contribution in [0.4, 0.5) is 0 Å². The zero-order valence-corrected chi connectivity index (χ0v) is 24.5. The number of benzene rings is 2. The van der Waals surface area contributed by atoms with Crippen LogP contribution in [0.1, 0.15) is 102 Å². The Morgan fingerprint density at radius 3 is 2.00 bits per heavy atom. The standard InChI is InChI=1S/C30H45NO3.C2H6/c1-9-30(10-2,26-14-15-27(22(4)18-26)34-19-23(5)31-20-32)25-13-11-24(21(3)17-25)12-16-28(33)29(6,7)8;1-2/h11,13-15,17-18,20,23,28,33H,9-10,12,16,19H2,1-8H3,(H,31,32);1-2H3. The van der Waals surface area contributed by atoms with Crippen LogP contribution in [0.15, 0.2) is 36.4 Å². The number of aryl methyl sites for hydroxylation is 3. The monoisotopic (exact) mass is 497 g/mol. The van der Waals surface area contributed by atoms with Crippen LogP contribution in [-0.4, -0.2) is 30.3 Å². The Morgan fingerprint density at radius 1 is 0.972 bits per heavy atom. The van der Waals surface area contributed by atoms with Crippen molar-refractivity contribution in [3.8, 4) is 5.75 Å². The lowest BCUT2D eigenvalue weighted by Crippen LogP contribution is -2.30. The van der Waals surface area contributed by atoms with Crippen molar-refractivity contribution in [1.29, 1.82) is 0 Å². The predicted octanol–water partition coefficient (Wildman–Crippen LogP) is 7.29. The SMILES string of the molecule is CC.CCC(CC)(c1ccc(CCC(O)C(C)(C)C)c(C)c1)c1ccc(OCC(C)NC=O)c(C)c1. The minimum atomic E-state index is -0.308. The molecule has 0 bridgehead atoms. The van der Waals surface area contributed by atoms with Crippen molar-refractivity contribution in [2.75, 3.05) is 6.61 Å². The van der Waals surface area contributed by atoms with Crippen LogP contribution in [-0.2, 0) is 16.6 Å². The first kappa shape index (κ1) is 31.7. The molecule has 0 fully saturated rings. The van der Waals surface area contributed by atoms with Crippen molar-refractivity contribution >= 4 is 6.41 Å². The van der Waals surface area contributed by atoms with Gasteiger partial charge in [-0.05, 0) is 85.8 Å². The van der Waals surface area contributed by atoms with Crippen molar-refractivity contribution in [3.05, 3.63) is 64.2 Å². The average molecular weight is 498 g/mol. The number of carbonyl (C=O) groups is 1. The summed E-state index contributed by atoms with van der Waals surface area (Å²) in [4.78, 5) is 10.6. The highest BCUT2D eigenvalue weighted by molar-refractivity contribution is 5.47. The van der Waals surface area contributed by atoms with Crippen LogP contribution in [0.5, 0.6) is 5.75 Å². The third kappa shape index (κ3) is 8.09. The number of nitrogens with one attached hydrogen (secondary N) is 1. The first-order chi connectivity index (χ1) is 17.0. The molecule has 4 nitrogen and oxygen atoms in total. The summed E-state index contributed by atoms with van der Waals surface area (Å²) in [6, 6.07) is 13.4. The van der Waals surface area contributed by atoms with Crippen molar-refractivity contribution in [2.45, 2.75) is 112 Å². The maximum atomic E-state index is 10.6. The minimum absolute atomic E-state index is 0.0343. The molecule has 2 atom stereocenters. The van der Waals surface area contributed by atoms with E-state index >= 15 is 0 Å². The van der Waals surface area contributed by atoms with Crippen LogP contribution in [0.3, 0.4) is 0 Å². The Hall–Kier alpha value is -2.33. The Labute approximate surface area is 220 Å². The molecular weight excluding hydrogens is 446 g/mol. The van der Waals surface area contributed by atoms with Gasteiger partial charge in [-0.1, -0.05) is 78.8 Å². The Balaban J connectivity index is 0.00000316. The van der Waals surface area contributed by atoms with E-state index in [1.807, 2.05) is 20.8 Å². The van der Waals surface area contributed by atoms with Crippen LogP contribution < -0.4 is 10.1 Å². The molecular formula is C32H51NO3. The molecule has 1 amide bonds. The van der Waals surface area contributed by atoms with Crippen molar-refractivity contribution < 1.29 is 14.6 Å². The van der Waals surface area contributed by atoms with E-state index in [9.17, 15) is 9.90 Å². The fourth-order valence-corrected chi connectivity index (χ4v) is 4.72. The highest BCUT2D eigenvalue weighted by Crippen LogP contribution is 2.41. The summed E-state index contributed by atoms with van der Waals surface area (Å²) in [5.41, 5.74) is 6.19. The Morgan fingerprint density at radius 2 is 1.53 bits per heavy atom. The molecule has 2 aromatic carbocycles. The summed E-state index contributed by atoms with van der Waals surface area (Å²) in [6.45, 7) is 21.4. The molecule has 0 heterocycles. The third-order valence-electron chi connectivity index (χ3n) is 7.36. The minimum Gasteiger partial charge on any atom is -0.491 e. The molecule has 0 spiro atoms. The second-order valence-corrected chi connectivity index (χ2v) is 10.8. The lowest BCUT2D eigenvalue weighted by atomic mass is 9.69. The summed E-state index contributed by atoms with van der Waals surface area (Å²) in [5.74, 6) is 0.855. The number of hydrogen-bond donors (Lipinski definition) is 2. The number of amides is 1. The zero-order chi connectivity index (χ0) is 27.5. The van der Waals surface area contributed by atoms with Gasteiger partial charge in [0.25, 0.3) is 0 Å². The van der Waals surface area contributed by atoms with Crippen LogP contribution in [0.2, 0.25) is 0 Å². The van der Waals surface area contributed by atoms with Crippen LogP contribution in [0, 0.1) is 19.3 Å². The van der Waals surface area contributed by atoms with Gasteiger partial charge in [-0.25, -0.2) is 0 Å². The van der Waals surface area contributed by atoms with E-state index in [4.69, 9.17) is 4.74 Å². The van der Waals surface area contributed by atoms with Gasteiger partial charge in [0, 0.05) is 5.41 Å². The van der Waals surface area contributed by atoms with E-state index in [0.29, 0.717) is 13.0 Å². The summed E-state index contributed by atoms with van der Waals surface area (Å²) >= 11 is 0. The van der Waals surface area contributed by atoms with Gasteiger partial charge in [0.15, 0.2) is 0 Å². The summed E-state index contributed by atoms with van der Waals surface area (Å²) in [5, 5.41) is 13.2. The van der Waals surface area contributed by atoms with E-state index in [2.05, 4.69) is 90.2 Å². The highest BCUT2D eigenvalue weighted by atomic mass is 16.5. The molecule has 0 aromatic heterocycles. The number of ether oxygens (including phenoxy) is 1. The average Bonchev–Trinajstić information content (AvgIpc) is 2.84. The second kappa shape index (κ2) is 14.4. The van der Waals surface area contributed by atoms with Crippen LogP contribution in [0.25, 0.3) is 0 Å². The number of hydrogen-bond acceptors (Lipinski definition) is 3. The van der Waals surface area contributed by atoms with Gasteiger partial charge in [0.2, 0.25) is 6.41 Å². The lowest BCUT2D eigenvalue weighted by Gasteiger charge is -2.34. The number of aliphatic hydroxyl groups excluding tert-OH is 1. The van der Waals surface area contributed by atoms with Crippen molar-refractivity contribution in [2.24, 2.45) is 5.41 Å². The van der Waals surface area contributed by atoms with Gasteiger partial charge in [0.05, 0.1) is 12.1 Å². The van der Waals surface area contributed by atoms with Crippen molar-refractivity contribution in [3.63, 3.8) is 0 Å². The number of rotatable bonds is 12. The fraction of sp³-hybridized carbons (Fsp3) is 0.594. The number of carbonyl (C=O) groups excluding carboxylic acids is 1. The van der Waals surface area contributed by atoms with E-state index < -0.39 is 0 Å². The molecule has 0 aliphatic rings. The van der Waals surface area contributed by atoms with E-state index in [-0.39, 0.29) is 23.0 Å². The third-order valence-corrected chi connectivity index (χ3v) is 7.36.